The number of amides is 1. The van der Waals surface area contributed by atoms with Crippen LogP contribution < -0.4 is 10.1 Å². The topological polar surface area (TPSA) is 63.7 Å². The van der Waals surface area contributed by atoms with Crippen molar-refractivity contribution in [1.29, 1.82) is 0 Å². The highest BCUT2D eigenvalue weighted by Crippen LogP contribution is 2.27. The van der Waals surface area contributed by atoms with Crippen molar-refractivity contribution < 1.29 is 14.3 Å². The predicted molar refractivity (Wildman–Crippen MR) is 78.3 cm³/mol. The summed E-state index contributed by atoms with van der Waals surface area (Å²) in [4.78, 5) is 18.5. The fourth-order valence-electron chi connectivity index (χ4n) is 2.94. The van der Waals surface area contributed by atoms with Crippen LogP contribution in [0.2, 0.25) is 0 Å². The molecule has 1 amide bonds. The maximum atomic E-state index is 12.0. The zero-order valence-corrected chi connectivity index (χ0v) is 12.4. The maximum absolute atomic E-state index is 12.0. The molecular formula is C15H21N3O3. The molecule has 1 fully saturated rings. The Kier molecular flexibility index (Phi) is 4.07. The molecule has 0 bridgehead atoms. The molecule has 0 aliphatic carbocycles. The highest BCUT2D eigenvalue weighted by molar-refractivity contribution is 5.96. The molecule has 1 aromatic heterocycles. The molecule has 0 spiro atoms. The lowest BCUT2D eigenvalue weighted by Crippen LogP contribution is -2.47. The largest absolute Gasteiger partial charge is 0.477 e. The van der Waals surface area contributed by atoms with Crippen LogP contribution in [-0.4, -0.2) is 53.7 Å². The van der Waals surface area contributed by atoms with Gasteiger partial charge in [0, 0.05) is 32.3 Å². The van der Waals surface area contributed by atoms with Gasteiger partial charge in [-0.1, -0.05) is 0 Å². The highest BCUT2D eigenvalue weighted by Gasteiger charge is 2.29. The van der Waals surface area contributed by atoms with E-state index in [1.54, 1.807) is 12.3 Å². The number of morpholine rings is 1. The number of hydrogen-bond donors (Lipinski definition) is 1. The molecule has 114 valence electrons. The van der Waals surface area contributed by atoms with Crippen molar-refractivity contribution in [3.63, 3.8) is 0 Å². The molecular weight excluding hydrogens is 270 g/mol. The van der Waals surface area contributed by atoms with Gasteiger partial charge in [-0.05, 0) is 26.0 Å². The first kappa shape index (κ1) is 14.3. The molecule has 2 aliphatic heterocycles. The molecule has 1 saturated heterocycles. The number of aromatic nitrogens is 1. The minimum Gasteiger partial charge on any atom is -0.477 e. The van der Waals surface area contributed by atoms with Gasteiger partial charge >= 0.3 is 0 Å². The Morgan fingerprint density at radius 3 is 2.90 bits per heavy atom. The standard InChI is InChI=1S/C15H21N3O3/c1-10-8-18(9-11(2)20-10)7-5-13-15(19)17-14-12(21-13)4-3-6-16-14/h3-4,6,10-11,13H,5,7-9H2,1-2H3,(H,16,17,19). The van der Waals surface area contributed by atoms with E-state index in [1.807, 2.05) is 6.07 Å². The van der Waals surface area contributed by atoms with E-state index in [2.05, 4.69) is 29.0 Å². The average Bonchev–Trinajstić information content (AvgIpc) is 2.44. The van der Waals surface area contributed by atoms with Gasteiger partial charge in [0.15, 0.2) is 17.7 Å². The van der Waals surface area contributed by atoms with Crippen molar-refractivity contribution in [3.8, 4) is 5.75 Å². The molecule has 2 aliphatic rings. The summed E-state index contributed by atoms with van der Waals surface area (Å²) in [6.45, 7) is 6.78. The van der Waals surface area contributed by atoms with E-state index in [-0.39, 0.29) is 18.1 Å². The average molecular weight is 291 g/mol. The predicted octanol–water partition coefficient (Wildman–Crippen LogP) is 1.28. The summed E-state index contributed by atoms with van der Waals surface area (Å²) >= 11 is 0. The first-order valence-electron chi connectivity index (χ1n) is 7.42. The molecule has 3 rings (SSSR count). The van der Waals surface area contributed by atoms with Crippen LogP contribution in [0, 0.1) is 0 Å². The molecule has 3 heterocycles. The second-order valence-electron chi connectivity index (χ2n) is 5.75. The van der Waals surface area contributed by atoms with Gasteiger partial charge in [0.05, 0.1) is 12.2 Å². The summed E-state index contributed by atoms with van der Waals surface area (Å²) in [5.74, 6) is 1.04. The van der Waals surface area contributed by atoms with E-state index in [0.29, 0.717) is 18.0 Å². The monoisotopic (exact) mass is 291 g/mol. The first-order valence-corrected chi connectivity index (χ1v) is 7.42. The Hall–Kier alpha value is -1.66. The summed E-state index contributed by atoms with van der Waals surface area (Å²) in [6.07, 6.45) is 2.33. The third kappa shape index (κ3) is 3.33. The Labute approximate surface area is 124 Å². The summed E-state index contributed by atoms with van der Waals surface area (Å²) < 4.78 is 11.5. The molecule has 3 atom stereocenters. The number of nitrogens with zero attached hydrogens (tertiary/aromatic N) is 2. The zero-order valence-electron chi connectivity index (χ0n) is 12.4. The van der Waals surface area contributed by atoms with Crippen LogP contribution in [0.25, 0.3) is 0 Å². The lowest BCUT2D eigenvalue weighted by Gasteiger charge is -2.36. The number of fused-ring (bicyclic) bond motifs is 1. The van der Waals surface area contributed by atoms with E-state index in [0.717, 1.165) is 19.6 Å². The second kappa shape index (κ2) is 5.99. The molecule has 0 aromatic carbocycles. The molecule has 0 saturated carbocycles. The third-order valence-corrected chi connectivity index (χ3v) is 3.78. The van der Waals surface area contributed by atoms with Crippen LogP contribution in [0.3, 0.4) is 0 Å². The van der Waals surface area contributed by atoms with Gasteiger partial charge in [0.2, 0.25) is 0 Å². The van der Waals surface area contributed by atoms with Crippen molar-refractivity contribution in [2.45, 2.75) is 38.6 Å². The normalized spacial score (nSPS) is 29.4. The first-order chi connectivity index (χ1) is 10.1. The summed E-state index contributed by atoms with van der Waals surface area (Å²) in [5.41, 5.74) is 0. The number of carbonyl (C=O) groups excluding carboxylic acids is 1. The lowest BCUT2D eigenvalue weighted by molar-refractivity contribution is -0.124. The Morgan fingerprint density at radius 2 is 2.14 bits per heavy atom. The molecule has 1 aromatic rings. The van der Waals surface area contributed by atoms with Gasteiger partial charge in [-0.2, -0.15) is 0 Å². The third-order valence-electron chi connectivity index (χ3n) is 3.78. The van der Waals surface area contributed by atoms with Gasteiger partial charge in [-0.15, -0.1) is 0 Å². The Morgan fingerprint density at radius 1 is 1.38 bits per heavy atom. The fourth-order valence-corrected chi connectivity index (χ4v) is 2.94. The van der Waals surface area contributed by atoms with Crippen molar-refractivity contribution in [2.75, 3.05) is 25.0 Å². The van der Waals surface area contributed by atoms with Crippen molar-refractivity contribution in [2.24, 2.45) is 0 Å². The quantitative estimate of drug-likeness (QED) is 0.909. The van der Waals surface area contributed by atoms with Crippen molar-refractivity contribution >= 4 is 11.7 Å². The maximum Gasteiger partial charge on any atom is 0.266 e. The SMILES string of the molecule is CC1CN(CCC2Oc3cccnc3NC2=O)CC(C)O1. The van der Waals surface area contributed by atoms with Gasteiger partial charge in [0.25, 0.3) is 5.91 Å². The molecule has 1 N–H and O–H groups in total. The van der Waals surface area contributed by atoms with Crippen molar-refractivity contribution in [1.82, 2.24) is 9.88 Å². The fraction of sp³-hybridized carbons (Fsp3) is 0.600. The number of hydrogen-bond acceptors (Lipinski definition) is 5. The van der Waals surface area contributed by atoms with Crippen LogP contribution in [0.4, 0.5) is 5.82 Å². The van der Waals surface area contributed by atoms with E-state index in [9.17, 15) is 4.79 Å². The summed E-state index contributed by atoms with van der Waals surface area (Å²) in [7, 11) is 0. The molecule has 6 heteroatoms. The van der Waals surface area contributed by atoms with E-state index in [1.165, 1.54) is 0 Å². The number of pyridine rings is 1. The van der Waals surface area contributed by atoms with Gasteiger partial charge in [-0.25, -0.2) is 4.98 Å². The highest BCUT2D eigenvalue weighted by atomic mass is 16.5. The minimum absolute atomic E-state index is 0.115. The Bertz CT molecular complexity index is 513. The second-order valence-corrected chi connectivity index (χ2v) is 5.75. The van der Waals surface area contributed by atoms with Crippen LogP contribution in [-0.2, 0) is 9.53 Å². The van der Waals surface area contributed by atoms with Gasteiger partial charge in [0.1, 0.15) is 0 Å². The minimum atomic E-state index is -0.449. The van der Waals surface area contributed by atoms with E-state index in [4.69, 9.17) is 9.47 Å². The van der Waals surface area contributed by atoms with Gasteiger partial charge < -0.3 is 14.8 Å². The molecule has 6 nitrogen and oxygen atoms in total. The molecule has 0 radical (unpaired) electrons. The molecule has 3 unspecified atom stereocenters. The lowest BCUT2D eigenvalue weighted by atomic mass is 10.1. The molecule has 21 heavy (non-hydrogen) atoms. The van der Waals surface area contributed by atoms with Crippen LogP contribution >= 0.6 is 0 Å². The van der Waals surface area contributed by atoms with E-state index < -0.39 is 6.10 Å². The number of anilines is 1. The number of rotatable bonds is 3. The van der Waals surface area contributed by atoms with Crippen LogP contribution in [0.1, 0.15) is 20.3 Å². The van der Waals surface area contributed by atoms with E-state index >= 15 is 0 Å². The summed E-state index contributed by atoms with van der Waals surface area (Å²) in [5, 5.41) is 2.80. The number of ether oxygens (including phenoxy) is 2. The Balaban J connectivity index is 1.57. The number of carbonyl (C=O) groups is 1. The van der Waals surface area contributed by atoms with Crippen LogP contribution in [0.5, 0.6) is 5.75 Å². The zero-order chi connectivity index (χ0) is 14.8. The summed E-state index contributed by atoms with van der Waals surface area (Å²) in [6, 6.07) is 3.63. The van der Waals surface area contributed by atoms with Crippen molar-refractivity contribution in [3.05, 3.63) is 18.3 Å². The number of nitrogens with one attached hydrogen (secondary N) is 1. The van der Waals surface area contributed by atoms with Gasteiger partial charge in [-0.3, -0.25) is 9.69 Å². The smallest absolute Gasteiger partial charge is 0.266 e. The van der Waals surface area contributed by atoms with Crippen LogP contribution in [0.15, 0.2) is 18.3 Å².